The van der Waals surface area contributed by atoms with Gasteiger partial charge in [0.1, 0.15) is 11.5 Å². The minimum atomic E-state index is -0.319. The number of aromatic nitrogens is 3. The number of para-hydroxylation sites is 4. The van der Waals surface area contributed by atoms with Crippen molar-refractivity contribution in [3.8, 4) is 57.9 Å². The summed E-state index contributed by atoms with van der Waals surface area (Å²) in [6.07, 6.45) is 0. The molecule has 16 aromatic rings. The van der Waals surface area contributed by atoms with Gasteiger partial charge in [0, 0.05) is 87.2 Å². The van der Waals surface area contributed by atoms with Gasteiger partial charge in [-0.15, -0.1) is 11.3 Å². The first-order chi connectivity index (χ1) is 42.0. The van der Waals surface area contributed by atoms with Gasteiger partial charge in [-0.3, -0.25) is 0 Å². The molecule has 4 aromatic heterocycles. The molecule has 18 rings (SSSR count). The maximum absolute atomic E-state index is 10.2. The Labute approximate surface area is 490 Å². The average molecular weight is 1100 g/mol. The van der Waals surface area contributed by atoms with E-state index in [-0.39, 0.29) is 6.71 Å². The maximum atomic E-state index is 10.2. The molecule has 0 bridgehead atoms. The summed E-state index contributed by atoms with van der Waals surface area (Å²) in [5.41, 5.74) is 19.1. The Morgan fingerprint density at radius 3 is 1.53 bits per heavy atom. The lowest BCUT2D eigenvalue weighted by molar-refractivity contribution is 0.488. The van der Waals surface area contributed by atoms with Crippen molar-refractivity contribution in [2.75, 3.05) is 4.90 Å². The van der Waals surface area contributed by atoms with Gasteiger partial charge in [0.15, 0.2) is 0 Å². The summed E-state index contributed by atoms with van der Waals surface area (Å²) in [5.74, 6) is 1.54. The summed E-state index contributed by atoms with van der Waals surface area (Å²) in [7, 11) is 0. The number of benzene rings is 12. The van der Waals surface area contributed by atoms with E-state index in [1.54, 1.807) is 0 Å². The number of rotatable bonds is 5. The fourth-order valence-electron chi connectivity index (χ4n) is 14.2. The third-order valence-corrected chi connectivity index (χ3v) is 18.9. The summed E-state index contributed by atoms with van der Waals surface area (Å²) in [5, 5.41) is 39.1. The largest absolute Gasteiger partial charge is 0.458 e. The molecule has 0 aliphatic carbocycles. The molecule has 0 fully saturated rings. The second-order valence-corrected chi connectivity index (χ2v) is 23.1. The van der Waals surface area contributed by atoms with Crippen molar-refractivity contribution in [2.24, 2.45) is 0 Å². The van der Waals surface area contributed by atoms with Gasteiger partial charge in [-0.25, -0.2) is 0 Å². The first-order valence-electron chi connectivity index (χ1n) is 28.3. The minimum Gasteiger partial charge on any atom is -0.458 e. The Kier molecular flexibility index (Phi) is 9.80. The van der Waals surface area contributed by atoms with Crippen LogP contribution in [0.1, 0.15) is 16.7 Å². The molecule has 2 aliphatic rings. The lowest BCUT2D eigenvalue weighted by Crippen LogP contribution is -2.59. The Hall–Kier alpha value is -11.6. The molecule has 8 nitrogen and oxygen atoms in total. The topological polar surface area (TPSA) is 98.6 Å². The number of hydrogen-bond acceptors (Lipinski definition) is 6. The Morgan fingerprint density at radius 1 is 0.365 bits per heavy atom. The van der Waals surface area contributed by atoms with Gasteiger partial charge in [-0.2, -0.15) is 15.8 Å². The second kappa shape index (κ2) is 17.7. The third-order valence-electron chi connectivity index (χ3n) is 17.7. The third kappa shape index (κ3) is 6.59. The summed E-state index contributed by atoms with van der Waals surface area (Å²) in [6.45, 7) is -0.319. The molecule has 0 unspecified atom stereocenters. The van der Waals surface area contributed by atoms with Crippen molar-refractivity contribution in [3.63, 3.8) is 0 Å². The van der Waals surface area contributed by atoms with Crippen LogP contribution in [0.3, 0.4) is 0 Å². The van der Waals surface area contributed by atoms with Crippen LogP contribution in [0.25, 0.3) is 114 Å². The monoisotopic (exact) mass is 1100 g/mol. The molecule has 390 valence electrons. The molecular weight excluding hydrogens is 1060 g/mol. The van der Waals surface area contributed by atoms with Crippen LogP contribution < -0.4 is 26.0 Å². The van der Waals surface area contributed by atoms with Gasteiger partial charge in [0.25, 0.3) is 6.71 Å². The molecule has 0 saturated heterocycles. The molecule has 0 saturated carbocycles. The van der Waals surface area contributed by atoms with E-state index in [9.17, 15) is 15.8 Å². The zero-order valence-corrected chi connectivity index (χ0v) is 45.9. The van der Waals surface area contributed by atoms with E-state index in [1.807, 2.05) is 59.9 Å². The highest BCUT2D eigenvalue weighted by Gasteiger charge is 2.45. The van der Waals surface area contributed by atoms with Gasteiger partial charge in [-0.05, 0) is 125 Å². The van der Waals surface area contributed by atoms with Crippen molar-refractivity contribution in [3.05, 3.63) is 259 Å². The average Bonchev–Trinajstić information content (AvgIpc) is 1.84. The number of nitrogens with zero attached hydrogens (tertiary/aromatic N) is 7. The Bertz CT molecular complexity index is 5660. The predicted octanol–water partition coefficient (Wildman–Crippen LogP) is 17.0. The van der Waals surface area contributed by atoms with E-state index in [1.165, 1.54) is 4.70 Å². The van der Waals surface area contributed by atoms with Crippen molar-refractivity contribution >= 4 is 137 Å². The molecule has 10 heteroatoms. The number of fused-ring (bicyclic) bond motifs is 17. The standard InChI is InChI=1S/C75H40BN7OS/c77-41-44-28-33-65-55(34-44)53-19-7-12-24-62(53)82(65)67-40-70-74(75-72(67)54-20-8-13-25-71(54)85-75)76-58-30-29-48(80-63-31-26-45(42-78)35-56(63)57-36-46(43-79)27-32-64(57)80)37-66(58)83(59-21-9-4-16-50(59)47-14-2-1-3-15-47)68-38-49(39-69(84-70)73(68)76)81-60-22-10-5-17-51(60)52-18-6-11-23-61(52)81/h1-40H. The molecule has 6 heterocycles. The second-order valence-electron chi connectivity index (χ2n) is 22.1. The van der Waals surface area contributed by atoms with Gasteiger partial charge in [-0.1, -0.05) is 127 Å². The van der Waals surface area contributed by atoms with Crippen molar-refractivity contribution in [1.29, 1.82) is 15.8 Å². The Balaban J connectivity index is 0.994. The van der Waals surface area contributed by atoms with Gasteiger partial charge in [0.05, 0.1) is 85.1 Å². The quantitative estimate of drug-likeness (QED) is 0.160. The normalized spacial score (nSPS) is 12.5. The first kappa shape index (κ1) is 47.1. The zero-order valence-electron chi connectivity index (χ0n) is 45.1. The summed E-state index contributed by atoms with van der Waals surface area (Å²) in [6, 6.07) is 92.6. The summed E-state index contributed by atoms with van der Waals surface area (Å²) in [4.78, 5) is 2.47. The molecule has 0 atom stereocenters. The van der Waals surface area contributed by atoms with Crippen LogP contribution in [0.5, 0.6) is 11.5 Å². The first-order valence-corrected chi connectivity index (χ1v) is 29.1. The molecule has 0 radical (unpaired) electrons. The molecule has 12 aromatic carbocycles. The fraction of sp³-hybridized carbons (Fsp3) is 0. The van der Waals surface area contributed by atoms with Crippen LogP contribution in [0.15, 0.2) is 243 Å². The molecule has 0 amide bonds. The van der Waals surface area contributed by atoms with Gasteiger partial charge in [0.2, 0.25) is 0 Å². The van der Waals surface area contributed by atoms with Crippen molar-refractivity contribution < 1.29 is 4.74 Å². The highest BCUT2D eigenvalue weighted by molar-refractivity contribution is 7.28. The highest BCUT2D eigenvalue weighted by atomic mass is 32.1. The van der Waals surface area contributed by atoms with E-state index in [2.05, 4.69) is 231 Å². The highest BCUT2D eigenvalue weighted by Crippen LogP contribution is 2.50. The van der Waals surface area contributed by atoms with E-state index in [4.69, 9.17) is 4.74 Å². The van der Waals surface area contributed by atoms with Crippen LogP contribution >= 0.6 is 11.3 Å². The van der Waals surface area contributed by atoms with Crippen LogP contribution in [0.4, 0.5) is 17.1 Å². The number of ether oxygens (including phenoxy) is 1. The number of hydrogen-bond donors (Lipinski definition) is 0. The Morgan fingerprint density at radius 2 is 0.871 bits per heavy atom. The minimum absolute atomic E-state index is 0.319. The summed E-state index contributed by atoms with van der Waals surface area (Å²) < 4.78 is 17.1. The summed E-state index contributed by atoms with van der Waals surface area (Å²) >= 11 is 1.81. The predicted molar refractivity (Wildman–Crippen MR) is 348 cm³/mol. The smallest absolute Gasteiger partial charge is 0.258 e. The lowest BCUT2D eigenvalue weighted by Gasteiger charge is -2.41. The fourth-order valence-corrected chi connectivity index (χ4v) is 15.5. The van der Waals surface area contributed by atoms with E-state index < -0.39 is 0 Å². The van der Waals surface area contributed by atoms with Gasteiger partial charge < -0.3 is 23.3 Å². The van der Waals surface area contributed by atoms with Crippen LogP contribution in [0.2, 0.25) is 0 Å². The van der Waals surface area contributed by atoms with Crippen molar-refractivity contribution in [1.82, 2.24) is 13.7 Å². The SMILES string of the molecule is N#Cc1ccc2c(c1)c1cc(C#N)ccc1n2-c1ccc2c(c1)N(c1ccccc1-c1ccccc1)c1cc(-n3c4ccccc4c4ccccc43)cc3c1B2c1c(cc(-n2c4ccccc4c4cc(C#N)ccc42)c2c1sc1ccccc12)O3. The number of nitriles is 3. The van der Waals surface area contributed by atoms with Crippen LogP contribution in [-0.4, -0.2) is 20.4 Å². The van der Waals surface area contributed by atoms with Crippen molar-refractivity contribution in [2.45, 2.75) is 0 Å². The van der Waals surface area contributed by atoms with Crippen LogP contribution in [0, 0.1) is 34.0 Å². The molecular formula is C75H40BN7OS. The lowest BCUT2D eigenvalue weighted by atomic mass is 9.34. The molecule has 0 N–H and O–H groups in total. The zero-order chi connectivity index (χ0) is 56.2. The van der Waals surface area contributed by atoms with Gasteiger partial charge >= 0.3 is 0 Å². The van der Waals surface area contributed by atoms with E-state index in [0.717, 1.165) is 154 Å². The molecule has 2 aliphatic heterocycles. The maximum Gasteiger partial charge on any atom is 0.258 e. The number of anilines is 3. The molecule has 0 spiro atoms. The van der Waals surface area contributed by atoms with E-state index >= 15 is 0 Å². The van der Waals surface area contributed by atoms with Crippen LogP contribution in [-0.2, 0) is 0 Å². The number of thiophene rings is 1. The van der Waals surface area contributed by atoms with E-state index in [0.29, 0.717) is 16.7 Å². The molecule has 85 heavy (non-hydrogen) atoms.